The average molecular weight is 430 g/mol. The van der Waals surface area contributed by atoms with E-state index in [9.17, 15) is 4.21 Å². The van der Waals surface area contributed by atoms with E-state index in [0.717, 1.165) is 49.3 Å². The van der Waals surface area contributed by atoms with Gasteiger partial charge in [-0.3, -0.25) is 0 Å². The molecule has 1 aromatic carbocycles. The molecule has 0 saturated carbocycles. The third-order valence-corrected chi connectivity index (χ3v) is 6.49. The molecule has 1 aliphatic rings. The summed E-state index contributed by atoms with van der Waals surface area (Å²) in [6.45, 7) is 1.70. The minimum atomic E-state index is -1.29. The summed E-state index contributed by atoms with van der Waals surface area (Å²) in [6.07, 6.45) is 7.55. The van der Waals surface area contributed by atoms with Crippen LogP contribution in [0.5, 0.6) is 0 Å². The smallest absolute Gasteiger partial charge is 0.182 e. The van der Waals surface area contributed by atoms with Crippen LogP contribution in [-0.4, -0.2) is 57.5 Å². The molecular weight excluding hydrogens is 402 g/mol. The Labute approximate surface area is 178 Å². The molecule has 3 N–H and O–H groups in total. The first-order valence-corrected chi connectivity index (χ1v) is 11.3. The molecular formula is C20H27N7O2S. The molecule has 2 aromatic heterocycles. The third kappa shape index (κ3) is 4.30. The number of fused-ring (bicyclic) bond motifs is 1. The molecule has 30 heavy (non-hydrogen) atoms. The number of H-pyrrole nitrogens is 1. The molecule has 4 rings (SSSR count). The highest BCUT2D eigenvalue weighted by atomic mass is 32.2. The third-order valence-electron chi connectivity index (χ3n) is 5.44. The zero-order valence-electron chi connectivity index (χ0n) is 17.2. The summed E-state index contributed by atoms with van der Waals surface area (Å²) in [6, 6.07) is 6.29. The number of hydrogen-bond acceptors (Lipinski definition) is 7. The van der Waals surface area contributed by atoms with Gasteiger partial charge in [-0.2, -0.15) is 0 Å². The van der Waals surface area contributed by atoms with Crippen molar-refractivity contribution in [2.45, 2.75) is 36.6 Å². The van der Waals surface area contributed by atoms with Gasteiger partial charge < -0.3 is 19.9 Å². The molecule has 1 saturated heterocycles. The van der Waals surface area contributed by atoms with E-state index < -0.39 is 11.0 Å². The van der Waals surface area contributed by atoms with Crippen LogP contribution in [0, 0.1) is 0 Å². The summed E-state index contributed by atoms with van der Waals surface area (Å²) in [5.74, 6) is 0.636. The number of nitrogens with one attached hydrogen (secondary N) is 3. The van der Waals surface area contributed by atoms with Gasteiger partial charge in [-0.05, 0) is 50.9 Å². The van der Waals surface area contributed by atoms with Crippen LogP contribution in [0.4, 0.5) is 17.2 Å². The second-order valence-electron chi connectivity index (χ2n) is 7.22. The van der Waals surface area contributed by atoms with Crippen molar-refractivity contribution in [2.75, 3.05) is 37.5 Å². The number of nitrogens with zero attached hydrogens (tertiary/aromatic N) is 4. The maximum atomic E-state index is 12.4. The Morgan fingerprint density at radius 2 is 2.20 bits per heavy atom. The largest absolute Gasteiger partial charge is 0.385 e. The first-order valence-electron chi connectivity index (χ1n) is 10.1. The van der Waals surface area contributed by atoms with Gasteiger partial charge in [-0.25, -0.2) is 23.9 Å². The number of benzene rings is 1. The van der Waals surface area contributed by atoms with Crippen LogP contribution in [0.25, 0.3) is 11.2 Å². The molecule has 0 amide bonds. The van der Waals surface area contributed by atoms with Crippen LogP contribution in [0.1, 0.15) is 25.7 Å². The summed E-state index contributed by atoms with van der Waals surface area (Å²) in [7, 11) is 2.14. The van der Waals surface area contributed by atoms with Crippen molar-refractivity contribution in [3.63, 3.8) is 0 Å². The lowest BCUT2D eigenvalue weighted by atomic mass is 9.98. The van der Waals surface area contributed by atoms with E-state index in [1.54, 1.807) is 20.5 Å². The Bertz CT molecular complexity index is 1030. The van der Waals surface area contributed by atoms with Gasteiger partial charge in [0.1, 0.15) is 22.8 Å². The number of aromatic nitrogens is 4. The molecule has 10 heteroatoms. The van der Waals surface area contributed by atoms with Crippen LogP contribution in [0.3, 0.4) is 0 Å². The van der Waals surface area contributed by atoms with Crippen molar-refractivity contribution in [3.8, 4) is 0 Å². The number of rotatable bonds is 8. The molecule has 2 atom stereocenters. The Morgan fingerprint density at radius 1 is 1.30 bits per heavy atom. The van der Waals surface area contributed by atoms with E-state index >= 15 is 0 Å². The zero-order chi connectivity index (χ0) is 20.9. The van der Waals surface area contributed by atoms with E-state index in [0.29, 0.717) is 22.4 Å². The number of piperidine rings is 1. The minimum Gasteiger partial charge on any atom is -0.385 e. The summed E-state index contributed by atoms with van der Waals surface area (Å²) >= 11 is 0. The molecule has 1 aliphatic heterocycles. The fraction of sp³-hybridized carbons (Fsp3) is 0.450. The van der Waals surface area contributed by atoms with Crippen molar-refractivity contribution < 1.29 is 8.95 Å². The van der Waals surface area contributed by atoms with Crippen LogP contribution >= 0.6 is 0 Å². The Balaban J connectivity index is 1.74. The van der Waals surface area contributed by atoms with Gasteiger partial charge >= 0.3 is 0 Å². The Kier molecular flexibility index (Phi) is 6.56. The van der Waals surface area contributed by atoms with Crippen LogP contribution in [-0.2, 0) is 15.7 Å². The van der Waals surface area contributed by atoms with Gasteiger partial charge in [-0.1, -0.05) is 0 Å². The van der Waals surface area contributed by atoms with Crippen LogP contribution in [0.2, 0.25) is 0 Å². The molecule has 9 nitrogen and oxygen atoms in total. The lowest BCUT2D eigenvalue weighted by molar-refractivity contribution is 0.182. The van der Waals surface area contributed by atoms with Crippen molar-refractivity contribution >= 4 is 39.3 Å². The molecule has 0 spiro atoms. The van der Waals surface area contributed by atoms with E-state index in [2.05, 4.69) is 34.9 Å². The number of hydrogen-bond donors (Lipinski definition) is 3. The fourth-order valence-corrected chi connectivity index (χ4v) is 4.61. The lowest BCUT2D eigenvalue weighted by Crippen LogP contribution is -2.40. The van der Waals surface area contributed by atoms with Gasteiger partial charge in [-0.15, -0.1) is 0 Å². The highest BCUT2D eigenvalue weighted by Gasteiger charge is 2.25. The zero-order valence-corrected chi connectivity index (χ0v) is 18.0. The number of methoxy groups -OCH3 is 1. The van der Waals surface area contributed by atoms with Crippen molar-refractivity contribution in [2.24, 2.45) is 0 Å². The first-order chi connectivity index (χ1) is 14.7. The molecule has 1 fully saturated rings. The van der Waals surface area contributed by atoms with Gasteiger partial charge in [0.15, 0.2) is 11.5 Å². The normalized spacial score (nSPS) is 17.9. The summed E-state index contributed by atoms with van der Waals surface area (Å²) in [4.78, 5) is 19.0. The number of aromatic amines is 1. The van der Waals surface area contributed by atoms with E-state index in [1.807, 2.05) is 18.2 Å². The quantitative estimate of drug-likeness (QED) is 0.505. The average Bonchev–Trinajstić information content (AvgIpc) is 3.27. The monoisotopic (exact) mass is 429 g/mol. The summed E-state index contributed by atoms with van der Waals surface area (Å²) in [5, 5.41) is 3.44. The molecule has 0 bridgehead atoms. The number of anilines is 3. The number of imidazole rings is 1. The second kappa shape index (κ2) is 9.50. The van der Waals surface area contributed by atoms with Gasteiger partial charge in [0.2, 0.25) is 0 Å². The first kappa shape index (κ1) is 20.7. The summed E-state index contributed by atoms with van der Waals surface area (Å²) in [5.41, 5.74) is 3.26. The standard InChI is InChI=1S/C20H27N7O2S/c1-21-30(28)15-6-7-17(27-9-4-3-5-14(27)8-10-29-2)16(11-15)26-20-18-19(23-12-22-18)24-13-25-20/h6-7,11-14,21H,3-5,8-10H2,1-2H3,(H2,22,23,24,25,26). The molecule has 2 unspecified atom stereocenters. The van der Waals surface area contributed by atoms with Gasteiger partial charge in [0.25, 0.3) is 0 Å². The topological polar surface area (TPSA) is 108 Å². The van der Waals surface area contributed by atoms with Gasteiger partial charge in [0, 0.05) is 26.3 Å². The van der Waals surface area contributed by atoms with Crippen LogP contribution < -0.4 is 14.9 Å². The van der Waals surface area contributed by atoms with Gasteiger partial charge in [0.05, 0.1) is 22.6 Å². The Morgan fingerprint density at radius 3 is 3.03 bits per heavy atom. The SMILES string of the molecule is CNS(=O)c1ccc(N2CCCCC2CCOC)c(Nc2ncnc3nc[nH]c23)c1. The highest BCUT2D eigenvalue weighted by molar-refractivity contribution is 7.83. The molecule has 160 valence electrons. The van der Waals surface area contributed by atoms with Crippen molar-refractivity contribution in [1.82, 2.24) is 24.7 Å². The predicted octanol–water partition coefficient (Wildman–Crippen LogP) is 2.73. The maximum Gasteiger partial charge on any atom is 0.182 e. The van der Waals surface area contributed by atoms with E-state index in [-0.39, 0.29) is 0 Å². The van der Waals surface area contributed by atoms with Crippen molar-refractivity contribution in [1.29, 1.82) is 0 Å². The summed E-state index contributed by atoms with van der Waals surface area (Å²) < 4.78 is 20.5. The van der Waals surface area contributed by atoms with Crippen LogP contribution in [0.15, 0.2) is 35.7 Å². The predicted molar refractivity (Wildman–Crippen MR) is 118 cm³/mol. The number of ether oxygens (including phenoxy) is 1. The maximum absolute atomic E-state index is 12.4. The van der Waals surface area contributed by atoms with Crippen molar-refractivity contribution in [3.05, 3.63) is 30.9 Å². The Hall–Kier alpha value is -2.56. The molecule has 3 aromatic rings. The second-order valence-corrected chi connectivity index (χ2v) is 8.64. The fourth-order valence-electron chi connectivity index (χ4n) is 3.96. The highest BCUT2D eigenvalue weighted by Crippen LogP contribution is 2.36. The molecule has 3 heterocycles. The van der Waals surface area contributed by atoms with E-state index in [1.165, 1.54) is 12.7 Å². The lowest BCUT2D eigenvalue weighted by Gasteiger charge is -2.38. The molecule has 0 radical (unpaired) electrons. The molecule has 0 aliphatic carbocycles. The van der Waals surface area contributed by atoms with E-state index in [4.69, 9.17) is 4.74 Å². The minimum absolute atomic E-state index is 0.400.